The number of benzene rings is 1. The van der Waals surface area contributed by atoms with Crippen LogP contribution in [0.4, 0.5) is 0 Å². The molecule has 0 saturated carbocycles. The van der Waals surface area contributed by atoms with Crippen LogP contribution in [0.25, 0.3) is 0 Å². The lowest BCUT2D eigenvalue weighted by Gasteiger charge is -2.27. The molecule has 0 aliphatic carbocycles. The Hall–Kier alpha value is -1.78. The summed E-state index contributed by atoms with van der Waals surface area (Å²) < 4.78 is 21.7. The molecule has 0 bridgehead atoms. The molecule has 2 rings (SSSR count). The second kappa shape index (κ2) is 11.0. The van der Waals surface area contributed by atoms with Crippen LogP contribution in [0, 0.1) is 12.3 Å². The van der Waals surface area contributed by atoms with E-state index in [9.17, 15) is 5.11 Å². The van der Waals surface area contributed by atoms with Crippen molar-refractivity contribution in [3.8, 4) is 23.8 Å². The molecule has 1 aromatic rings. The molecule has 2 atom stereocenters. The number of ether oxygens (including phenoxy) is 4. The Morgan fingerprint density at radius 1 is 1.35 bits per heavy atom. The van der Waals surface area contributed by atoms with Gasteiger partial charge in [0.25, 0.3) is 0 Å². The molecule has 1 saturated heterocycles. The number of aliphatic hydroxyl groups excluding tert-OH is 1. The molecule has 144 valence electrons. The molecule has 26 heavy (non-hydrogen) atoms. The van der Waals surface area contributed by atoms with Gasteiger partial charge in [-0.1, -0.05) is 12.0 Å². The Morgan fingerprint density at radius 2 is 2.15 bits per heavy atom. The summed E-state index contributed by atoms with van der Waals surface area (Å²) in [5, 5.41) is 10.3. The molecule has 2 unspecified atom stereocenters. The van der Waals surface area contributed by atoms with E-state index in [0.717, 1.165) is 31.6 Å². The highest BCUT2D eigenvalue weighted by Gasteiger charge is 2.21. The zero-order valence-electron chi connectivity index (χ0n) is 15.6. The summed E-state index contributed by atoms with van der Waals surface area (Å²) in [5.41, 5.74) is 1.08. The van der Waals surface area contributed by atoms with Crippen LogP contribution in [0.3, 0.4) is 0 Å². The first kappa shape index (κ1) is 20.5. The first-order valence-corrected chi connectivity index (χ1v) is 8.90. The SMILES string of the molecule is C#CCOCC(O)CN(Cc1ccc(OC)c(OC)c1)CC1CCCO1. The van der Waals surface area contributed by atoms with Crippen LogP contribution in [0.1, 0.15) is 18.4 Å². The predicted molar refractivity (Wildman–Crippen MR) is 99.5 cm³/mol. The minimum Gasteiger partial charge on any atom is -0.493 e. The molecular formula is C20H29NO5. The number of nitrogens with zero attached hydrogens (tertiary/aromatic N) is 1. The third-order valence-corrected chi connectivity index (χ3v) is 4.30. The van der Waals surface area contributed by atoms with Crippen LogP contribution >= 0.6 is 0 Å². The van der Waals surface area contributed by atoms with Crippen LogP contribution in [0.15, 0.2) is 18.2 Å². The third-order valence-electron chi connectivity index (χ3n) is 4.30. The Balaban J connectivity index is 2.01. The van der Waals surface area contributed by atoms with Crippen molar-refractivity contribution in [2.24, 2.45) is 0 Å². The lowest BCUT2D eigenvalue weighted by Crippen LogP contribution is -2.39. The van der Waals surface area contributed by atoms with Gasteiger partial charge in [0.1, 0.15) is 6.61 Å². The van der Waals surface area contributed by atoms with Crippen molar-refractivity contribution >= 4 is 0 Å². The zero-order valence-corrected chi connectivity index (χ0v) is 15.6. The summed E-state index contributed by atoms with van der Waals surface area (Å²) in [6.07, 6.45) is 6.90. The highest BCUT2D eigenvalue weighted by molar-refractivity contribution is 5.42. The zero-order chi connectivity index (χ0) is 18.8. The molecule has 1 N–H and O–H groups in total. The average Bonchev–Trinajstić information content (AvgIpc) is 3.14. The number of aliphatic hydroxyl groups is 1. The smallest absolute Gasteiger partial charge is 0.161 e. The van der Waals surface area contributed by atoms with E-state index in [1.165, 1.54) is 0 Å². The molecule has 6 nitrogen and oxygen atoms in total. The molecule has 0 radical (unpaired) electrons. The monoisotopic (exact) mass is 363 g/mol. The quantitative estimate of drug-likeness (QED) is 0.477. The summed E-state index contributed by atoms with van der Waals surface area (Å²) in [5.74, 6) is 3.80. The van der Waals surface area contributed by atoms with E-state index in [1.807, 2.05) is 18.2 Å². The van der Waals surface area contributed by atoms with Gasteiger partial charge in [0.05, 0.1) is 33.0 Å². The second-order valence-corrected chi connectivity index (χ2v) is 6.39. The number of methoxy groups -OCH3 is 2. The maximum atomic E-state index is 10.3. The minimum absolute atomic E-state index is 0.203. The summed E-state index contributed by atoms with van der Waals surface area (Å²) >= 11 is 0. The summed E-state index contributed by atoms with van der Waals surface area (Å²) in [7, 11) is 3.24. The van der Waals surface area contributed by atoms with Gasteiger partial charge in [0, 0.05) is 26.2 Å². The van der Waals surface area contributed by atoms with Crippen molar-refractivity contribution in [2.75, 3.05) is 47.1 Å². The Bertz CT molecular complexity index is 580. The van der Waals surface area contributed by atoms with Crippen LogP contribution in [-0.4, -0.2) is 69.3 Å². The second-order valence-electron chi connectivity index (χ2n) is 6.39. The van der Waals surface area contributed by atoms with Crippen molar-refractivity contribution in [1.82, 2.24) is 4.90 Å². The third kappa shape index (κ3) is 6.50. The van der Waals surface area contributed by atoms with E-state index in [1.54, 1.807) is 14.2 Å². The number of hydrogen-bond donors (Lipinski definition) is 1. The first-order valence-electron chi connectivity index (χ1n) is 8.90. The Kier molecular flexibility index (Phi) is 8.72. The first-order chi connectivity index (χ1) is 12.7. The minimum atomic E-state index is -0.607. The fourth-order valence-electron chi connectivity index (χ4n) is 3.12. The van der Waals surface area contributed by atoms with Crippen LogP contribution in [0.2, 0.25) is 0 Å². The van der Waals surface area contributed by atoms with Crippen molar-refractivity contribution in [3.05, 3.63) is 23.8 Å². The maximum Gasteiger partial charge on any atom is 0.161 e. The van der Waals surface area contributed by atoms with Crippen LogP contribution in [0.5, 0.6) is 11.5 Å². The van der Waals surface area contributed by atoms with E-state index >= 15 is 0 Å². The van der Waals surface area contributed by atoms with E-state index < -0.39 is 6.10 Å². The Morgan fingerprint density at radius 3 is 2.81 bits per heavy atom. The van der Waals surface area contributed by atoms with Crippen molar-refractivity contribution in [1.29, 1.82) is 0 Å². The van der Waals surface area contributed by atoms with Crippen molar-refractivity contribution in [3.63, 3.8) is 0 Å². The van der Waals surface area contributed by atoms with Crippen molar-refractivity contribution < 1.29 is 24.1 Å². The van der Waals surface area contributed by atoms with Gasteiger partial charge in [-0.25, -0.2) is 0 Å². The molecule has 1 aromatic carbocycles. The molecule has 1 fully saturated rings. The Labute approximate surface area is 156 Å². The molecule has 0 amide bonds. The predicted octanol–water partition coefficient (Wildman–Crippen LogP) is 1.70. The molecular weight excluding hydrogens is 334 g/mol. The molecule has 6 heteroatoms. The normalized spacial score (nSPS) is 17.9. The highest BCUT2D eigenvalue weighted by atomic mass is 16.5. The largest absolute Gasteiger partial charge is 0.493 e. The van der Waals surface area contributed by atoms with Crippen molar-refractivity contribution in [2.45, 2.75) is 31.6 Å². The molecule has 1 heterocycles. The number of terminal acetylenes is 1. The molecule has 0 aromatic heterocycles. The highest BCUT2D eigenvalue weighted by Crippen LogP contribution is 2.28. The van der Waals surface area contributed by atoms with E-state index in [-0.39, 0.29) is 19.3 Å². The van der Waals surface area contributed by atoms with Gasteiger partial charge in [-0.05, 0) is 30.5 Å². The van der Waals surface area contributed by atoms with Gasteiger partial charge in [-0.15, -0.1) is 6.42 Å². The van der Waals surface area contributed by atoms with Gasteiger partial charge in [0.2, 0.25) is 0 Å². The fraction of sp³-hybridized carbons (Fsp3) is 0.600. The van der Waals surface area contributed by atoms with E-state index in [2.05, 4.69) is 10.8 Å². The standard InChI is InChI=1S/C20H29NO5/c1-4-9-25-15-17(22)13-21(14-18-6-5-10-26-18)12-16-7-8-19(23-2)20(11-16)24-3/h1,7-8,11,17-18,22H,5-6,9-10,12-15H2,2-3H3. The summed E-state index contributed by atoms with van der Waals surface area (Å²) in [6, 6.07) is 5.86. The lowest BCUT2D eigenvalue weighted by molar-refractivity contribution is 0.00954. The van der Waals surface area contributed by atoms with Gasteiger partial charge in [-0.2, -0.15) is 0 Å². The van der Waals surface area contributed by atoms with E-state index in [4.69, 9.17) is 25.4 Å². The average molecular weight is 363 g/mol. The summed E-state index contributed by atoms with van der Waals surface area (Å²) in [6.45, 7) is 3.16. The van der Waals surface area contributed by atoms with Gasteiger partial charge in [0.15, 0.2) is 11.5 Å². The number of hydrogen-bond acceptors (Lipinski definition) is 6. The molecule has 1 aliphatic rings. The van der Waals surface area contributed by atoms with Crippen LogP contribution < -0.4 is 9.47 Å². The van der Waals surface area contributed by atoms with E-state index in [0.29, 0.717) is 24.6 Å². The maximum absolute atomic E-state index is 10.3. The number of rotatable bonds is 11. The molecule has 0 spiro atoms. The van der Waals surface area contributed by atoms with Crippen LogP contribution in [-0.2, 0) is 16.0 Å². The molecule has 1 aliphatic heterocycles. The van der Waals surface area contributed by atoms with Gasteiger partial charge < -0.3 is 24.1 Å². The lowest BCUT2D eigenvalue weighted by atomic mass is 10.1. The topological polar surface area (TPSA) is 60.4 Å². The fourth-order valence-corrected chi connectivity index (χ4v) is 3.12. The van der Waals surface area contributed by atoms with Gasteiger partial charge >= 0.3 is 0 Å². The van der Waals surface area contributed by atoms with Gasteiger partial charge in [-0.3, -0.25) is 4.90 Å². The summed E-state index contributed by atoms with van der Waals surface area (Å²) in [4.78, 5) is 2.18.